The molecule has 0 spiro atoms. The van der Waals surface area contributed by atoms with Crippen molar-refractivity contribution in [1.29, 1.82) is 0 Å². The van der Waals surface area contributed by atoms with Crippen LogP contribution in [-0.4, -0.2) is 70.3 Å². The van der Waals surface area contributed by atoms with E-state index in [2.05, 4.69) is 20.1 Å². The average molecular weight is 399 g/mol. The lowest BCUT2D eigenvalue weighted by atomic mass is 9.92. The number of piperidine rings is 1. The van der Waals surface area contributed by atoms with Crippen molar-refractivity contribution in [2.75, 3.05) is 39.4 Å². The van der Waals surface area contributed by atoms with Crippen LogP contribution in [0.25, 0.3) is 0 Å². The van der Waals surface area contributed by atoms with Gasteiger partial charge in [-0.1, -0.05) is 6.92 Å². The van der Waals surface area contributed by atoms with Crippen LogP contribution < -0.4 is 5.56 Å². The third kappa shape index (κ3) is 4.59. The third-order valence-electron chi connectivity index (χ3n) is 5.89. The Morgan fingerprint density at radius 2 is 2.10 bits per heavy atom. The minimum absolute atomic E-state index is 0.0651. The quantitative estimate of drug-likeness (QED) is 0.795. The number of carbonyl (C=O) groups excluding carboxylic acids is 1. The van der Waals surface area contributed by atoms with E-state index in [4.69, 9.17) is 4.74 Å². The van der Waals surface area contributed by atoms with Crippen molar-refractivity contribution in [3.8, 4) is 0 Å². The zero-order chi connectivity index (χ0) is 20.2. The van der Waals surface area contributed by atoms with Crippen LogP contribution in [0.2, 0.25) is 0 Å². The number of nitrogens with one attached hydrogen (secondary N) is 2. The largest absolute Gasteiger partial charge is 0.379 e. The van der Waals surface area contributed by atoms with Gasteiger partial charge in [0.05, 0.1) is 19.4 Å². The van der Waals surface area contributed by atoms with Crippen LogP contribution in [0.15, 0.2) is 23.1 Å². The topological polar surface area (TPSA) is 94.3 Å². The van der Waals surface area contributed by atoms with Gasteiger partial charge in [-0.25, -0.2) is 0 Å². The Morgan fingerprint density at radius 3 is 2.90 bits per heavy atom. The number of pyridine rings is 1. The van der Waals surface area contributed by atoms with Crippen molar-refractivity contribution in [2.24, 2.45) is 0 Å². The Labute approximate surface area is 170 Å². The number of rotatable bonds is 5. The van der Waals surface area contributed by atoms with Crippen LogP contribution in [0.5, 0.6) is 0 Å². The summed E-state index contributed by atoms with van der Waals surface area (Å²) >= 11 is 0. The molecule has 0 bridgehead atoms. The molecule has 0 aliphatic carbocycles. The first-order valence-corrected chi connectivity index (χ1v) is 10.5. The van der Waals surface area contributed by atoms with E-state index in [-0.39, 0.29) is 17.4 Å². The zero-order valence-corrected chi connectivity index (χ0v) is 16.9. The van der Waals surface area contributed by atoms with Crippen LogP contribution in [0.1, 0.15) is 53.0 Å². The Morgan fingerprint density at radius 1 is 1.28 bits per heavy atom. The number of aryl methyl sites for hydroxylation is 1. The van der Waals surface area contributed by atoms with Gasteiger partial charge in [0.2, 0.25) is 5.56 Å². The standard InChI is InChI=1S/C21H29N5O3/c1-2-18-10-16(11-19(27)23-18)21(28)26-5-3-4-15(14-26)20-17(12-22-24-20)13-25-6-8-29-9-7-25/h10-12,15H,2-9,13-14H2,1H3,(H,22,24)(H,23,27). The van der Waals surface area contributed by atoms with Crippen molar-refractivity contribution < 1.29 is 9.53 Å². The summed E-state index contributed by atoms with van der Waals surface area (Å²) in [6.45, 7) is 7.59. The SMILES string of the molecule is CCc1cc(C(=O)N2CCCC(c3[nH]ncc3CN3CCOCC3)C2)cc(=O)[nH]1. The van der Waals surface area contributed by atoms with Gasteiger partial charge in [-0.2, -0.15) is 5.10 Å². The van der Waals surface area contributed by atoms with E-state index in [1.807, 2.05) is 18.0 Å². The fourth-order valence-electron chi connectivity index (χ4n) is 4.30. The summed E-state index contributed by atoms with van der Waals surface area (Å²) in [6.07, 6.45) is 4.57. The highest BCUT2D eigenvalue weighted by molar-refractivity contribution is 5.94. The molecule has 0 saturated carbocycles. The number of morpholine rings is 1. The van der Waals surface area contributed by atoms with Crippen LogP contribution in [0.4, 0.5) is 0 Å². The summed E-state index contributed by atoms with van der Waals surface area (Å²) in [4.78, 5) is 32.0. The van der Waals surface area contributed by atoms with Gasteiger partial charge in [-0.15, -0.1) is 0 Å². The lowest BCUT2D eigenvalue weighted by molar-refractivity contribution is 0.0339. The maximum absolute atomic E-state index is 13.1. The number of aromatic amines is 2. The molecule has 8 heteroatoms. The van der Waals surface area contributed by atoms with Gasteiger partial charge in [0.25, 0.3) is 5.91 Å². The molecule has 2 aromatic rings. The molecular weight excluding hydrogens is 370 g/mol. The number of likely N-dealkylation sites (tertiary alicyclic amines) is 1. The highest BCUT2D eigenvalue weighted by Crippen LogP contribution is 2.29. The molecule has 4 heterocycles. The van der Waals surface area contributed by atoms with E-state index in [1.165, 1.54) is 11.6 Å². The third-order valence-corrected chi connectivity index (χ3v) is 5.89. The molecule has 2 aliphatic rings. The van der Waals surface area contributed by atoms with E-state index in [9.17, 15) is 9.59 Å². The van der Waals surface area contributed by atoms with Crippen LogP contribution in [0, 0.1) is 0 Å². The maximum atomic E-state index is 13.1. The fourth-order valence-corrected chi connectivity index (χ4v) is 4.30. The molecular formula is C21H29N5O3. The number of hydrogen-bond donors (Lipinski definition) is 2. The minimum atomic E-state index is -0.220. The van der Waals surface area contributed by atoms with Gasteiger partial charge in [-0.3, -0.25) is 19.6 Å². The molecule has 4 rings (SSSR count). The molecule has 1 atom stereocenters. The van der Waals surface area contributed by atoms with E-state index >= 15 is 0 Å². The second kappa shape index (κ2) is 8.92. The molecule has 29 heavy (non-hydrogen) atoms. The van der Waals surface area contributed by atoms with Gasteiger partial charge >= 0.3 is 0 Å². The normalized spacial score (nSPS) is 20.7. The zero-order valence-electron chi connectivity index (χ0n) is 16.9. The maximum Gasteiger partial charge on any atom is 0.254 e. The van der Waals surface area contributed by atoms with Gasteiger partial charge in [0.15, 0.2) is 0 Å². The van der Waals surface area contributed by atoms with Gasteiger partial charge in [-0.05, 0) is 25.3 Å². The van der Waals surface area contributed by atoms with Crippen molar-refractivity contribution in [1.82, 2.24) is 25.0 Å². The number of H-pyrrole nitrogens is 2. The van der Waals surface area contributed by atoms with Crippen LogP contribution in [0.3, 0.4) is 0 Å². The predicted molar refractivity (Wildman–Crippen MR) is 109 cm³/mol. The van der Waals surface area contributed by atoms with E-state index in [0.717, 1.165) is 63.6 Å². The molecule has 0 aromatic carbocycles. The van der Waals surface area contributed by atoms with Crippen molar-refractivity contribution in [3.63, 3.8) is 0 Å². The first-order valence-electron chi connectivity index (χ1n) is 10.5. The minimum Gasteiger partial charge on any atom is -0.379 e. The second-order valence-corrected chi connectivity index (χ2v) is 7.90. The summed E-state index contributed by atoms with van der Waals surface area (Å²) in [6, 6.07) is 3.21. The number of amides is 1. The Balaban J connectivity index is 1.47. The van der Waals surface area contributed by atoms with E-state index < -0.39 is 0 Å². The van der Waals surface area contributed by atoms with Gasteiger partial charge in [0.1, 0.15) is 0 Å². The highest BCUT2D eigenvalue weighted by atomic mass is 16.5. The Bertz CT molecular complexity index is 900. The summed E-state index contributed by atoms with van der Waals surface area (Å²) in [5.74, 6) is 0.170. The first-order chi connectivity index (χ1) is 14.1. The molecule has 2 saturated heterocycles. The molecule has 2 N–H and O–H groups in total. The van der Waals surface area contributed by atoms with Crippen molar-refractivity contribution in [2.45, 2.75) is 38.6 Å². The molecule has 2 fully saturated rings. The van der Waals surface area contributed by atoms with Crippen LogP contribution in [-0.2, 0) is 17.7 Å². The van der Waals surface area contributed by atoms with Gasteiger partial charge < -0.3 is 14.6 Å². The summed E-state index contributed by atoms with van der Waals surface area (Å²) in [5.41, 5.74) is 3.38. The number of hydrogen-bond acceptors (Lipinski definition) is 5. The van der Waals surface area contributed by atoms with Crippen LogP contribution >= 0.6 is 0 Å². The number of carbonyl (C=O) groups is 1. The molecule has 1 amide bonds. The predicted octanol–water partition coefficient (Wildman–Crippen LogP) is 1.51. The average Bonchev–Trinajstić information content (AvgIpc) is 3.21. The lowest BCUT2D eigenvalue weighted by Crippen LogP contribution is -2.40. The number of aromatic nitrogens is 3. The summed E-state index contributed by atoms with van der Waals surface area (Å²) < 4.78 is 5.44. The number of nitrogens with zero attached hydrogens (tertiary/aromatic N) is 3. The highest BCUT2D eigenvalue weighted by Gasteiger charge is 2.28. The number of ether oxygens (including phenoxy) is 1. The summed E-state index contributed by atoms with van der Waals surface area (Å²) in [5, 5.41) is 7.48. The molecule has 1 unspecified atom stereocenters. The molecule has 0 radical (unpaired) electrons. The molecule has 2 aromatic heterocycles. The second-order valence-electron chi connectivity index (χ2n) is 7.90. The smallest absolute Gasteiger partial charge is 0.254 e. The van der Waals surface area contributed by atoms with Gasteiger partial charge in [0, 0.05) is 67.2 Å². The Kier molecular flexibility index (Phi) is 6.10. The van der Waals surface area contributed by atoms with E-state index in [0.29, 0.717) is 18.5 Å². The lowest BCUT2D eigenvalue weighted by Gasteiger charge is -2.33. The molecule has 156 valence electrons. The fraction of sp³-hybridized carbons (Fsp3) is 0.571. The monoisotopic (exact) mass is 399 g/mol. The van der Waals surface area contributed by atoms with Crippen molar-refractivity contribution >= 4 is 5.91 Å². The molecule has 2 aliphatic heterocycles. The van der Waals surface area contributed by atoms with Crippen molar-refractivity contribution in [3.05, 3.63) is 51.2 Å². The molecule has 8 nitrogen and oxygen atoms in total. The van der Waals surface area contributed by atoms with E-state index in [1.54, 1.807) is 6.07 Å². The first kappa shape index (κ1) is 19.8. The summed E-state index contributed by atoms with van der Waals surface area (Å²) in [7, 11) is 0. The Hall–Kier alpha value is -2.45.